The van der Waals surface area contributed by atoms with Crippen molar-refractivity contribution < 1.29 is 14.7 Å². The summed E-state index contributed by atoms with van der Waals surface area (Å²) in [7, 11) is 1.51. The van der Waals surface area contributed by atoms with Crippen LogP contribution in [-0.4, -0.2) is 45.2 Å². The van der Waals surface area contributed by atoms with Gasteiger partial charge in [-0.2, -0.15) is 0 Å². The molecule has 1 aromatic heterocycles. The predicted molar refractivity (Wildman–Crippen MR) is 119 cm³/mol. The SMILES string of the molecule is CNC(=O)Cn1c(C)cn(-c2ccc(Cl)c(C(=O)NCC3(O)CCCCCC3)c2)c1=O. The van der Waals surface area contributed by atoms with E-state index in [0.717, 1.165) is 25.7 Å². The maximum absolute atomic E-state index is 12.8. The third kappa shape index (κ3) is 5.37. The lowest BCUT2D eigenvalue weighted by Gasteiger charge is -2.26. The van der Waals surface area contributed by atoms with Gasteiger partial charge in [0.25, 0.3) is 5.91 Å². The average Bonchev–Trinajstić information content (AvgIpc) is 2.91. The van der Waals surface area contributed by atoms with Crippen LogP contribution in [0.5, 0.6) is 0 Å². The van der Waals surface area contributed by atoms with Crippen LogP contribution in [0.4, 0.5) is 0 Å². The molecular weight excluding hydrogens is 420 g/mol. The molecule has 1 aromatic carbocycles. The van der Waals surface area contributed by atoms with Crippen molar-refractivity contribution >= 4 is 23.4 Å². The molecule has 31 heavy (non-hydrogen) atoms. The summed E-state index contributed by atoms with van der Waals surface area (Å²) in [5, 5.41) is 16.3. The fourth-order valence-electron chi connectivity index (χ4n) is 3.93. The first-order chi connectivity index (χ1) is 14.7. The highest BCUT2D eigenvalue weighted by molar-refractivity contribution is 6.33. The minimum atomic E-state index is -0.901. The number of aliphatic hydroxyl groups is 1. The number of hydrogen-bond acceptors (Lipinski definition) is 4. The van der Waals surface area contributed by atoms with Crippen molar-refractivity contribution in [3.63, 3.8) is 0 Å². The zero-order chi connectivity index (χ0) is 22.6. The van der Waals surface area contributed by atoms with Crippen molar-refractivity contribution in [1.82, 2.24) is 19.8 Å². The number of hydrogen-bond donors (Lipinski definition) is 3. The normalized spacial score (nSPS) is 15.9. The minimum Gasteiger partial charge on any atom is -0.388 e. The molecule has 1 fully saturated rings. The molecule has 3 rings (SSSR count). The molecule has 0 bridgehead atoms. The van der Waals surface area contributed by atoms with Gasteiger partial charge in [-0.15, -0.1) is 0 Å². The van der Waals surface area contributed by atoms with E-state index in [1.54, 1.807) is 31.3 Å². The lowest BCUT2D eigenvalue weighted by Crippen LogP contribution is -2.42. The summed E-state index contributed by atoms with van der Waals surface area (Å²) >= 11 is 6.26. The van der Waals surface area contributed by atoms with Crippen molar-refractivity contribution in [2.45, 2.75) is 57.6 Å². The van der Waals surface area contributed by atoms with Gasteiger partial charge in [-0.25, -0.2) is 4.79 Å². The fourth-order valence-corrected chi connectivity index (χ4v) is 4.14. The van der Waals surface area contributed by atoms with E-state index < -0.39 is 11.5 Å². The number of amides is 2. The number of aromatic nitrogens is 2. The topological polar surface area (TPSA) is 105 Å². The number of nitrogens with zero attached hydrogens (tertiary/aromatic N) is 2. The largest absolute Gasteiger partial charge is 0.388 e. The number of halogens is 1. The van der Waals surface area contributed by atoms with Crippen LogP contribution in [0.1, 0.15) is 54.6 Å². The highest BCUT2D eigenvalue weighted by Gasteiger charge is 2.29. The van der Waals surface area contributed by atoms with Crippen molar-refractivity contribution in [3.05, 3.63) is 51.2 Å². The molecule has 0 spiro atoms. The minimum absolute atomic E-state index is 0.0896. The quantitative estimate of drug-likeness (QED) is 0.589. The van der Waals surface area contributed by atoms with E-state index in [2.05, 4.69) is 10.6 Å². The van der Waals surface area contributed by atoms with E-state index in [1.807, 2.05) is 0 Å². The van der Waals surface area contributed by atoms with Gasteiger partial charge in [-0.1, -0.05) is 37.3 Å². The summed E-state index contributed by atoms with van der Waals surface area (Å²) in [5.74, 6) is -0.686. The maximum atomic E-state index is 12.8. The lowest BCUT2D eigenvalue weighted by molar-refractivity contribution is -0.121. The predicted octanol–water partition coefficient (Wildman–Crippen LogP) is 2.16. The maximum Gasteiger partial charge on any atom is 0.333 e. The van der Waals surface area contributed by atoms with Crippen LogP contribution in [0.2, 0.25) is 5.02 Å². The number of rotatable bonds is 6. The van der Waals surface area contributed by atoms with Crippen LogP contribution in [-0.2, 0) is 11.3 Å². The van der Waals surface area contributed by atoms with E-state index in [0.29, 0.717) is 24.2 Å². The molecular formula is C22H29ClN4O4. The molecule has 8 nitrogen and oxygen atoms in total. The zero-order valence-corrected chi connectivity index (χ0v) is 18.7. The number of benzene rings is 1. The van der Waals surface area contributed by atoms with Gasteiger partial charge in [0.1, 0.15) is 6.54 Å². The summed E-state index contributed by atoms with van der Waals surface area (Å²) in [6.07, 6.45) is 7.01. The van der Waals surface area contributed by atoms with Crippen LogP contribution >= 0.6 is 11.6 Å². The van der Waals surface area contributed by atoms with Gasteiger partial charge in [0.2, 0.25) is 5.91 Å². The average molecular weight is 449 g/mol. The molecule has 9 heteroatoms. The second kappa shape index (κ2) is 9.70. The Morgan fingerprint density at radius 3 is 2.52 bits per heavy atom. The van der Waals surface area contributed by atoms with E-state index >= 15 is 0 Å². The molecule has 0 radical (unpaired) electrons. The standard InChI is InChI=1S/C22H29ClN4O4/c1-15-12-27(21(30)26(15)13-19(28)24-2)16-7-8-18(23)17(11-16)20(29)25-14-22(31)9-5-3-4-6-10-22/h7-8,11-12,31H,3-6,9-10,13-14H2,1-2H3,(H,24,28)(H,25,29). The van der Waals surface area contributed by atoms with Gasteiger partial charge >= 0.3 is 5.69 Å². The first-order valence-electron chi connectivity index (χ1n) is 10.5. The molecule has 2 amide bonds. The summed E-state index contributed by atoms with van der Waals surface area (Å²) in [6.45, 7) is 1.81. The van der Waals surface area contributed by atoms with Crippen molar-refractivity contribution in [2.75, 3.05) is 13.6 Å². The van der Waals surface area contributed by atoms with Crippen LogP contribution in [0, 0.1) is 6.92 Å². The van der Waals surface area contributed by atoms with Gasteiger partial charge < -0.3 is 15.7 Å². The monoisotopic (exact) mass is 448 g/mol. The number of likely N-dealkylation sites (N-methyl/N-ethyl adjacent to an activating group) is 1. The molecule has 1 aliphatic carbocycles. The molecule has 0 unspecified atom stereocenters. The van der Waals surface area contributed by atoms with Gasteiger partial charge in [-0.3, -0.25) is 18.7 Å². The third-order valence-corrected chi connectivity index (χ3v) is 6.17. The van der Waals surface area contributed by atoms with Crippen LogP contribution in [0.25, 0.3) is 5.69 Å². The molecule has 1 saturated carbocycles. The first-order valence-corrected chi connectivity index (χ1v) is 10.9. The summed E-state index contributed by atoms with van der Waals surface area (Å²) in [4.78, 5) is 37.3. The zero-order valence-electron chi connectivity index (χ0n) is 17.9. The molecule has 168 valence electrons. The third-order valence-electron chi connectivity index (χ3n) is 5.84. The van der Waals surface area contributed by atoms with Gasteiger partial charge in [-0.05, 0) is 38.0 Å². The first kappa shape index (κ1) is 23.1. The highest BCUT2D eigenvalue weighted by Crippen LogP contribution is 2.27. The molecule has 0 saturated heterocycles. The smallest absolute Gasteiger partial charge is 0.333 e. The Labute approximate surface area is 186 Å². The van der Waals surface area contributed by atoms with Gasteiger partial charge in [0, 0.05) is 25.5 Å². The Morgan fingerprint density at radius 1 is 1.19 bits per heavy atom. The molecule has 2 aromatic rings. The number of nitrogens with one attached hydrogen (secondary N) is 2. The van der Waals surface area contributed by atoms with Gasteiger partial charge in [0.15, 0.2) is 0 Å². The summed E-state index contributed by atoms with van der Waals surface area (Å²) < 4.78 is 2.74. The van der Waals surface area contributed by atoms with E-state index in [-0.39, 0.29) is 35.3 Å². The molecule has 0 atom stereocenters. The number of carbonyl (C=O) groups is 2. The van der Waals surface area contributed by atoms with E-state index in [4.69, 9.17) is 11.6 Å². The Balaban J connectivity index is 1.82. The molecule has 0 aliphatic heterocycles. The van der Waals surface area contributed by atoms with Crippen LogP contribution < -0.4 is 16.3 Å². The van der Waals surface area contributed by atoms with Gasteiger partial charge in [0.05, 0.1) is 21.9 Å². The second-order valence-corrected chi connectivity index (χ2v) is 8.57. The Bertz CT molecular complexity index is 1020. The highest BCUT2D eigenvalue weighted by atomic mass is 35.5. The second-order valence-electron chi connectivity index (χ2n) is 8.17. The van der Waals surface area contributed by atoms with E-state index in [1.165, 1.54) is 16.2 Å². The molecule has 1 heterocycles. The van der Waals surface area contributed by atoms with Crippen LogP contribution in [0.3, 0.4) is 0 Å². The Hall–Kier alpha value is -2.58. The van der Waals surface area contributed by atoms with Crippen molar-refractivity contribution in [3.8, 4) is 5.69 Å². The van der Waals surface area contributed by atoms with Crippen molar-refractivity contribution in [1.29, 1.82) is 0 Å². The number of aryl methyl sites for hydroxylation is 1. The van der Waals surface area contributed by atoms with Crippen molar-refractivity contribution in [2.24, 2.45) is 0 Å². The fraction of sp³-hybridized carbons (Fsp3) is 0.500. The summed E-state index contributed by atoms with van der Waals surface area (Å²) in [5.41, 5.74) is 0.0145. The molecule has 1 aliphatic rings. The van der Waals surface area contributed by atoms with Crippen LogP contribution in [0.15, 0.2) is 29.2 Å². The summed E-state index contributed by atoms with van der Waals surface area (Å²) in [6, 6.07) is 4.74. The Kier molecular flexibility index (Phi) is 7.23. The Morgan fingerprint density at radius 2 is 1.87 bits per heavy atom. The lowest BCUT2D eigenvalue weighted by atomic mass is 9.94. The number of imidazole rings is 1. The van der Waals surface area contributed by atoms with E-state index in [9.17, 15) is 19.5 Å². The molecule has 3 N–H and O–H groups in total. The number of carbonyl (C=O) groups excluding carboxylic acids is 2.